The first-order valence-corrected chi connectivity index (χ1v) is 6.11. The average Bonchev–Trinajstić information content (AvgIpc) is 2.84. The van der Waals surface area contributed by atoms with E-state index in [-0.39, 0.29) is 22.8 Å². The maximum atomic E-state index is 13.8. The molecule has 0 saturated heterocycles. The molecule has 0 spiro atoms. The van der Waals surface area contributed by atoms with Gasteiger partial charge in [0.1, 0.15) is 23.1 Å². The molecule has 3 nitrogen and oxygen atoms in total. The summed E-state index contributed by atoms with van der Waals surface area (Å²) in [6.07, 6.45) is 1.47. The molecule has 6 heteroatoms. The summed E-state index contributed by atoms with van der Waals surface area (Å²) in [4.78, 5) is 0. The molecule has 0 radical (unpaired) electrons. The molecule has 0 amide bonds. The van der Waals surface area contributed by atoms with Crippen molar-refractivity contribution in [2.24, 2.45) is 0 Å². The Hall–Kier alpha value is -2.76. The van der Waals surface area contributed by atoms with E-state index in [0.29, 0.717) is 5.69 Å². The number of nitrogen functional groups attached to an aromatic ring is 1. The summed E-state index contributed by atoms with van der Waals surface area (Å²) in [5.41, 5.74) is 6.69. The molecule has 0 aliphatic carbocycles. The highest BCUT2D eigenvalue weighted by molar-refractivity contribution is 5.73. The number of nitrogens with two attached hydrogens (primary N) is 1. The van der Waals surface area contributed by atoms with Crippen LogP contribution in [-0.4, -0.2) is 9.78 Å². The molecule has 106 valence electrons. The summed E-state index contributed by atoms with van der Waals surface area (Å²) >= 11 is 0. The Labute approximate surface area is 118 Å². The maximum Gasteiger partial charge on any atom is 0.132 e. The standard InChI is InChI=1S/C15H10F3N3/c16-9-1-4-11(5-2-9)21-8-14(19)15(20-21)12-7-10(17)3-6-13(12)18/h1-8H,19H2. The maximum absolute atomic E-state index is 13.8. The van der Waals surface area contributed by atoms with Gasteiger partial charge in [0, 0.05) is 5.56 Å². The highest BCUT2D eigenvalue weighted by atomic mass is 19.1. The molecule has 0 saturated carbocycles. The van der Waals surface area contributed by atoms with Crippen molar-refractivity contribution in [1.29, 1.82) is 0 Å². The van der Waals surface area contributed by atoms with Crippen LogP contribution in [0, 0.1) is 17.5 Å². The fraction of sp³-hybridized carbons (Fsp3) is 0. The van der Waals surface area contributed by atoms with Gasteiger partial charge >= 0.3 is 0 Å². The summed E-state index contributed by atoms with van der Waals surface area (Å²) in [6, 6.07) is 8.63. The Balaban J connectivity index is 2.09. The molecule has 0 bridgehead atoms. The number of benzene rings is 2. The lowest BCUT2D eigenvalue weighted by atomic mass is 10.1. The van der Waals surface area contributed by atoms with Crippen molar-refractivity contribution in [2.75, 3.05) is 5.73 Å². The van der Waals surface area contributed by atoms with E-state index >= 15 is 0 Å². The fourth-order valence-electron chi connectivity index (χ4n) is 2.00. The zero-order chi connectivity index (χ0) is 15.0. The van der Waals surface area contributed by atoms with Crippen LogP contribution in [0.1, 0.15) is 0 Å². The molecule has 0 aliphatic rings. The molecule has 3 aromatic rings. The Morgan fingerprint density at radius 3 is 2.29 bits per heavy atom. The quantitative estimate of drug-likeness (QED) is 0.784. The Kier molecular flexibility index (Phi) is 3.13. The second kappa shape index (κ2) is 4.97. The van der Waals surface area contributed by atoms with Crippen molar-refractivity contribution in [2.45, 2.75) is 0 Å². The van der Waals surface area contributed by atoms with E-state index in [1.165, 1.54) is 35.1 Å². The molecule has 1 aromatic heterocycles. The van der Waals surface area contributed by atoms with Crippen LogP contribution in [0.3, 0.4) is 0 Å². The van der Waals surface area contributed by atoms with Crippen LogP contribution < -0.4 is 5.73 Å². The summed E-state index contributed by atoms with van der Waals surface area (Å²) in [5.74, 6) is -1.58. The van der Waals surface area contributed by atoms with Crippen molar-refractivity contribution in [3.8, 4) is 16.9 Å². The number of rotatable bonds is 2. The van der Waals surface area contributed by atoms with Crippen LogP contribution in [0.2, 0.25) is 0 Å². The third-order valence-corrected chi connectivity index (χ3v) is 3.02. The van der Waals surface area contributed by atoms with E-state index < -0.39 is 11.6 Å². The van der Waals surface area contributed by atoms with Gasteiger partial charge in [-0.3, -0.25) is 0 Å². The van der Waals surface area contributed by atoms with E-state index in [4.69, 9.17) is 5.73 Å². The van der Waals surface area contributed by atoms with Gasteiger partial charge in [0.05, 0.1) is 17.6 Å². The lowest BCUT2D eigenvalue weighted by Crippen LogP contribution is -1.95. The molecule has 0 aliphatic heterocycles. The monoisotopic (exact) mass is 289 g/mol. The predicted octanol–water partition coefficient (Wildman–Crippen LogP) is 3.54. The number of halogens is 3. The lowest BCUT2D eigenvalue weighted by molar-refractivity contribution is 0.602. The van der Waals surface area contributed by atoms with Crippen molar-refractivity contribution >= 4 is 5.69 Å². The number of hydrogen-bond donors (Lipinski definition) is 1. The van der Waals surface area contributed by atoms with Gasteiger partial charge in [0.15, 0.2) is 0 Å². The molecule has 0 fully saturated rings. The van der Waals surface area contributed by atoms with E-state index in [1.807, 2.05) is 0 Å². The second-order valence-electron chi connectivity index (χ2n) is 4.48. The van der Waals surface area contributed by atoms with Crippen LogP contribution in [0.4, 0.5) is 18.9 Å². The third kappa shape index (κ3) is 2.47. The number of hydrogen-bond acceptors (Lipinski definition) is 2. The topological polar surface area (TPSA) is 43.8 Å². The minimum Gasteiger partial charge on any atom is -0.396 e. The van der Waals surface area contributed by atoms with E-state index in [1.54, 1.807) is 0 Å². The largest absolute Gasteiger partial charge is 0.396 e. The van der Waals surface area contributed by atoms with Crippen LogP contribution >= 0.6 is 0 Å². The van der Waals surface area contributed by atoms with Crippen molar-refractivity contribution in [1.82, 2.24) is 9.78 Å². The molecular weight excluding hydrogens is 279 g/mol. The Bertz CT molecular complexity index is 794. The van der Waals surface area contributed by atoms with E-state index in [9.17, 15) is 13.2 Å². The van der Waals surface area contributed by atoms with Gasteiger partial charge in [0.2, 0.25) is 0 Å². The van der Waals surface area contributed by atoms with E-state index in [0.717, 1.165) is 18.2 Å². The molecule has 21 heavy (non-hydrogen) atoms. The van der Waals surface area contributed by atoms with Crippen molar-refractivity contribution in [3.05, 3.63) is 66.1 Å². The van der Waals surface area contributed by atoms with Crippen molar-refractivity contribution in [3.63, 3.8) is 0 Å². The zero-order valence-corrected chi connectivity index (χ0v) is 10.7. The minimum atomic E-state index is -0.618. The lowest BCUT2D eigenvalue weighted by Gasteiger charge is -2.02. The minimum absolute atomic E-state index is 0.0200. The van der Waals surface area contributed by atoms with Gasteiger partial charge in [0.25, 0.3) is 0 Å². The normalized spacial score (nSPS) is 10.8. The first-order chi connectivity index (χ1) is 10.0. The Morgan fingerprint density at radius 2 is 1.57 bits per heavy atom. The number of nitrogens with zero attached hydrogens (tertiary/aromatic N) is 2. The van der Waals surface area contributed by atoms with Crippen molar-refractivity contribution < 1.29 is 13.2 Å². The number of aromatic nitrogens is 2. The third-order valence-electron chi connectivity index (χ3n) is 3.02. The first-order valence-electron chi connectivity index (χ1n) is 6.11. The zero-order valence-electron chi connectivity index (χ0n) is 10.7. The smallest absolute Gasteiger partial charge is 0.132 e. The SMILES string of the molecule is Nc1cn(-c2ccc(F)cc2)nc1-c1cc(F)ccc1F. The van der Waals surface area contributed by atoms with E-state index in [2.05, 4.69) is 5.10 Å². The Morgan fingerprint density at radius 1 is 0.905 bits per heavy atom. The fourth-order valence-corrected chi connectivity index (χ4v) is 2.00. The second-order valence-corrected chi connectivity index (χ2v) is 4.48. The van der Waals surface area contributed by atoms with Crippen LogP contribution in [0.25, 0.3) is 16.9 Å². The van der Waals surface area contributed by atoms with Gasteiger partial charge in [-0.15, -0.1) is 0 Å². The van der Waals surface area contributed by atoms with Gasteiger partial charge in [-0.05, 0) is 42.5 Å². The molecular formula is C15H10F3N3. The highest BCUT2D eigenvalue weighted by Gasteiger charge is 2.14. The molecule has 0 atom stereocenters. The summed E-state index contributed by atoms with van der Waals surface area (Å²) in [6.45, 7) is 0. The molecule has 3 rings (SSSR count). The van der Waals surface area contributed by atoms with Crippen LogP contribution in [0.5, 0.6) is 0 Å². The molecule has 2 N–H and O–H groups in total. The predicted molar refractivity (Wildman–Crippen MR) is 73.3 cm³/mol. The summed E-state index contributed by atoms with van der Waals surface area (Å²) in [7, 11) is 0. The molecule has 0 unspecified atom stereocenters. The first kappa shape index (κ1) is 13.2. The highest BCUT2D eigenvalue weighted by Crippen LogP contribution is 2.28. The van der Waals surface area contributed by atoms with Crippen LogP contribution in [0.15, 0.2) is 48.7 Å². The molecule has 1 heterocycles. The van der Waals surface area contributed by atoms with Gasteiger partial charge in [-0.1, -0.05) is 0 Å². The number of anilines is 1. The van der Waals surface area contributed by atoms with Crippen LogP contribution in [-0.2, 0) is 0 Å². The summed E-state index contributed by atoms with van der Waals surface area (Å²) in [5, 5.41) is 4.14. The van der Waals surface area contributed by atoms with Gasteiger partial charge in [-0.2, -0.15) is 5.10 Å². The van der Waals surface area contributed by atoms with Gasteiger partial charge in [-0.25, -0.2) is 17.9 Å². The molecule has 2 aromatic carbocycles. The average molecular weight is 289 g/mol. The van der Waals surface area contributed by atoms with Gasteiger partial charge < -0.3 is 5.73 Å². The summed E-state index contributed by atoms with van der Waals surface area (Å²) < 4.78 is 41.3.